The number of guanidine groups is 1. The van der Waals surface area contributed by atoms with Gasteiger partial charge in [-0.2, -0.15) is 0 Å². The van der Waals surface area contributed by atoms with E-state index < -0.39 is 0 Å². The summed E-state index contributed by atoms with van der Waals surface area (Å²) in [7, 11) is 0. The number of nitrogens with zero attached hydrogens (tertiary/aromatic N) is 7. The Balaban J connectivity index is 1.38. The van der Waals surface area contributed by atoms with E-state index in [1.165, 1.54) is 0 Å². The van der Waals surface area contributed by atoms with Crippen molar-refractivity contribution in [2.45, 2.75) is 39.2 Å². The molecule has 0 amide bonds. The molecule has 4 rings (SSSR count). The van der Waals surface area contributed by atoms with Crippen molar-refractivity contribution < 1.29 is 0 Å². The maximum atomic E-state index is 4.91. The van der Waals surface area contributed by atoms with Crippen molar-refractivity contribution in [3.8, 4) is 0 Å². The predicted molar refractivity (Wildman–Crippen MR) is 114 cm³/mol. The van der Waals surface area contributed by atoms with Gasteiger partial charge in [0, 0.05) is 51.2 Å². The Kier molecular flexibility index (Phi) is 6.07. The summed E-state index contributed by atoms with van der Waals surface area (Å²) in [5, 5.41) is 12.0. The predicted octanol–water partition coefficient (Wildman–Crippen LogP) is 2.41. The molecule has 1 aliphatic heterocycles. The van der Waals surface area contributed by atoms with E-state index in [2.05, 4.69) is 54.4 Å². The molecule has 29 heavy (non-hydrogen) atoms. The summed E-state index contributed by atoms with van der Waals surface area (Å²) >= 11 is 0. The quantitative estimate of drug-likeness (QED) is 0.395. The second kappa shape index (κ2) is 9.07. The fourth-order valence-electron chi connectivity index (χ4n) is 4.00. The molecule has 0 saturated carbocycles. The Labute approximate surface area is 171 Å². The fraction of sp³-hybridized carbons (Fsp3) is 0.524. The Morgan fingerprint density at radius 2 is 2.21 bits per heavy atom. The standard InChI is InChI=1S/C21H30N8/c1-3-23-21(27-13-9-17(2)18(15-27)28-14-11-22-16-28)24-10-6-8-20-26-25-19-7-4-5-12-29(19)20/h4-5,7,11-12,14,16-18H,3,6,8-10,13,15H2,1-2H3,(H,23,24). The lowest BCUT2D eigenvalue weighted by atomic mass is 9.93. The second-order valence-electron chi connectivity index (χ2n) is 7.67. The van der Waals surface area contributed by atoms with Gasteiger partial charge in [-0.3, -0.25) is 9.39 Å². The molecule has 0 bridgehead atoms. The lowest BCUT2D eigenvalue weighted by Gasteiger charge is -2.39. The smallest absolute Gasteiger partial charge is 0.193 e. The highest BCUT2D eigenvalue weighted by atomic mass is 15.3. The highest BCUT2D eigenvalue weighted by Crippen LogP contribution is 2.27. The van der Waals surface area contributed by atoms with Crippen molar-refractivity contribution in [1.29, 1.82) is 0 Å². The number of piperidine rings is 1. The third-order valence-corrected chi connectivity index (χ3v) is 5.67. The summed E-state index contributed by atoms with van der Waals surface area (Å²) in [5.41, 5.74) is 0.896. The van der Waals surface area contributed by atoms with Crippen molar-refractivity contribution in [2.24, 2.45) is 10.9 Å². The van der Waals surface area contributed by atoms with Gasteiger partial charge < -0.3 is 14.8 Å². The van der Waals surface area contributed by atoms with Gasteiger partial charge in [-0.1, -0.05) is 13.0 Å². The monoisotopic (exact) mass is 394 g/mol. The number of fused-ring (bicyclic) bond motifs is 1. The van der Waals surface area contributed by atoms with Crippen LogP contribution in [0.5, 0.6) is 0 Å². The lowest BCUT2D eigenvalue weighted by Crippen LogP contribution is -2.49. The first kappa shape index (κ1) is 19.4. The van der Waals surface area contributed by atoms with Gasteiger partial charge in [-0.05, 0) is 37.8 Å². The van der Waals surface area contributed by atoms with Crippen LogP contribution >= 0.6 is 0 Å². The van der Waals surface area contributed by atoms with Gasteiger partial charge in [0.2, 0.25) is 0 Å². The van der Waals surface area contributed by atoms with Crippen molar-refractivity contribution in [3.63, 3.8) is 0 Å². The summed E-state index contributed by atoms with van der Waals surface area (Å²) in [6.45, 7) is 8.08. The molecule has 1 N–H and O–H groups in total. The third kappa shape index (κ3) is 4.41. The van der Waals surface area contributed by atoms with E-state index in [9.17, 15) is 0 Å². The van der Waals surface area contributed by atoms with Gasteiger partial charge in [0.1, 0.15) is 5.82 Å². The number of aliphatic imine (C=N–C) groups is 1. The molecule has 2 unspecified atom stereocenters. The molecule has 3 aromatic rings. The maximum Gasteiger partial charge on any atom is 0.193 e. The van der Waals surface area contributed by atoms with Crippen LogP contribution in [0.3, 0.4) is 0 Å². The first-order chi connectivity index (χ1) is 14.3. The fourth-order valence-corrected chi connectivity index (χ4v) is 4.00. The van der Waals surface area contributed by atoms with Gasteiger partial charge in [0.15, 0.2) is 11.6 Å². The van der Waals surface area contributed by atoms with E-state index in [4.69, 9.17) is 4.99 Å². The topological polar surface area (TPSA) is 75.6 Å². The number of imidazole rings is 1. The zero-order valence-electron chi connectivity index (χ0n) is 17.3. The highest BCUT2D eigenvalue weighted by Gasteiger charge is 2.28. The second-order valence-corrected chi connectivity index (χ2v) is 7.67. The Morgan fingerprint density at radius 1 is 1.28 bits per heavy atom. The molecule has 0 aliphatic carbocycles. The van der Waals surface area contributed by atoms with E-state index >= 15 is 0 Å². The third-order valence-electron chi connectivity index (χ3n) is 5.67. The van der Waals surface area contributed by atoms with E-state index in [-0.39, 0.29) is 0 Å². The minimum atomic E-state index is 0.428. The Morgan fingerprint density at radius 3 is 3.03 bits per heavy atom. The number of hydrogen-bond donors (Lipinski definition) is 1. The molecular weight excluding hydrogens is 364 g/mol. The van der Waals surface area contributed by atoms with Crippen LogP contribution in [0.2, 0.25) is 0 Å². The number of aryl methyl sites for hydroxylation is 1. The zero-order chi connectivity index (χ0) is 20.1. The van der Waals surface area contributed by atoms with Crippen LogP contribution in [0.1, 0.15) is 38.6 Å². The molecule has 1 saturated heterocycles. The first-order valence-electron chi connectivity index (χ1n) is 10.6. The van der Waals surface area contributed by atoms with Crippen LogP contribution < -0.4 is 5.32 Å². The Bertz CT molecular complexity index is 929. The molecule has 0 aromatic carbocycles. The molecule has 1 fully saturated rings. The van der Waals surface area contributed by atoms with Crippen LogP contribution in [0.15, 0.2) is 48.1 Å². The molecule has 3 aromatic heterocycles. The van der Waals surface area contributed by atoms with Crippen molar-refractivity contribution in [1.82, 2.24) is 34.4 Å². The number of aromatic nitrogens is 5. The lowest BCUT2D eigenvalue weighted by molar-refractivity contribution is 0.189. The zero-order valence-corrected chi connectivity index (χ0v) is 17.3. The van der Waals surface area contributed by atoms with Crippen LogP contribution in [-0.4, -0.2) is 61.2 Å². The number of hydrogen-bond acceptors (Lipinski definition) is 4. The van der Waals surface area contributed by atoms with Crippen LogP contribution in [0.4, 0.5) is 0 Å². The summed E-state index contributed by atoms with van der Waals surface area (Å²) < 4.78 is 4.29. The highest BCUT2D eigenvalue weighted by molar-refractivity contribution is 5.80. The average Bonchev–Trinajstić information content (AvgIpc) is 3.41. The minimum Gasteiger partial charge on any atom is -0.357 e. The SMILES string of the molecule is CCNC(=NCCCc1nnc2ccccn12)N1CCC(C)C(n2ccnc2)C1. The van der Waals surface area contributed by atoms with Gasteiger partial charge in [0.25, 0.3) is 0 Å². The average molecular weight is 395 g/mol. The molecule has 8 nitrogen and oxygen atoms in total. The van der Waals surface area contributed by atoms with Gasteiger partial charge >= 0.3 is 0 Å². The summed E-state index contributed by atoms with van der Waals surface area (Å²) in [5.74, 6) is 2.63. The molecule has 0 radical (unpaired) electrons. The number of likely N-dealkylation sites (tertiary alicyclic amines) is 1. The van der Waals surface area contributed by atoms with E-state index in [1.807, 2.05) is 36.9 Å². The molecule has 154 valence electrons. The Hall–Kier alpha value is -2.90. The minimum absolute atomic E-state index is 0.428. The summed E-state index contributed by atoms with van der Waals surface area (Å²) in [4.78, 5) is 11.5. The summed E-state index contributed by atoms with van der Waals surface area (Å²) in [6, 6.07) is 6.40. The molecule has 2 atom stereocenters. The van der Waals surface area contributed by atoms with Crippen LogP contribution in [0, 0.1) is 5.92 Å². The molecule has 0 spiro atoms. The molecule has 8 heteroatoms. The van der Waals surface area contributed by atoms with Crippen molar-refractivity contribution >= 4 is 11.6 Å². The molecule has 1 aliphatic rings. The summed E-state index contributed by atoms with van der Waals surface area (Å²) in [6.07, 6.45) is 10.8. The number of pyridine rings is 1. The number of rotatable bonds is 6. The van der Waals surface area contributed by atoms with Crippen molar-refractivity contribution in [2.75, 3.05) is 26.2 Å². The van der Waals surface area contributed by atoms with Gasteiger partial charge in [-0.15, -0.1) is 10.2 Å². The van der Waals surface area contributed by atoms with E-state index in [1.54, 1.807) is 0 Å². The largest absolute Gasteiger partial charge is 0.357 e. The first-order valence-corrected chi connectivity index (χ1v) is 10.6. The van der Waals surface area contributed by atoms with Gasteiger partial charge in [-0.25, -0.2) is 4.98 Å². The molecule has 4 heterocycles. The molecular formula is C21H30N8. The van der Waals surface area contributed by atoms with Crippen LogP contribution in [-0.2, 0) is 6.42 Å². The maximum absolute atomic E-state index is 4.91. The van der Waals surface area contributed by atoms with Gasteiger partial charge in [0.05, 0.1) is 12.4 Å². The van der Waals surface area contributed by atoms with Crippen LogP contribution in [0.25, 0.3) is 5.65 Å². The normalized spacial score (nSPS) is 20.3. The number of nitrogens with one attached hydrogen (secondary N) is 1. The van der Waals surface area contributed by atoms with Crippen molar-refractivity contribution in [3.05, 3.63) is 48.9 Å². The van der Waals surface area contributed by atoms with E-state index in [0.717, 1.165) is 62.9 Å². The van der Waals surface area contributed by atoms with E-state index in [0.29, 0.717) is 12.0 Å².